The van der Waals surface area contributed by atoms with Gasteiger partial charge in [0.2, 0.25) is 0 Å². The van der Waals surface area contributed by atoms with Gasteiger partial charge in [-0.2, -0.15) is 5.10 Å². The standard InChI is InChI=1S/C37H28FN7O4/c38-24-10-8-23(9-11-24)32-31(22-12-17-39-18-13-22)29-6-3-7-30(45(29)42-32)35(46)41-25-15-20-43(21-16-25)37(49)44-28-5-2-1-4-26(28)27-14-19-40-33(34(27)44)36(47)48/h1-14,17-19,25H,15-16,20-21H2,(H,41,46)(H,47,48). The fourth-order valence-corrected chi connectivity index (χ4v) is 6.74. The molecule has 1 aliphatic rings. The van der Waals surface area contributed by atoms with Crippen LogP contribution in [-0.2, 0) is 0 Å². The Hall–Kier alpha value is -6.43. The van der Waals surface area contributed by atoms with Crippen LogP contribution in [0.5, 0.6) is 0 Å². The average Bonchev–Trinajstić information content (AvgIpc) is 3.69. The molecule has 0 saturated carbocycles. The SMILES string of the molecule is O=C(O)c1nccc2c3ccccc3n(C(=O)N3CCC(NC(=O)c4cccc5c(-c6ccncc6)c(-c6ccc(F)cc6)nn45)CC3)c12. The molecule has 0 unspecified atom stereocenters. The first-order valence-electron chi connectivity index (χ1n) is 15.8. The van der Waals surface area contributed by atoms with Gasteiger partial charge in [0.05, 0.1) is 16.6 Å². The van der Waals surface area contributed by atoms with E-state index in [1.165, 1.54) is 22.9 Å². The average molecular weight is 654 g/mol. The van der Waals surface area contributed by atoms with E-state index >= 15 is 0 Å². The van der Waals surface area contributed by atoms with Crippen molar-refractivity contribution in [2.75, 3.05) is 13.1 Å². The highest BCUT2D eigenvalue weighted by Gasteiger charge is 2.30. The fraction of sp³-hybridized carbons (Fsp3) is 0.135. The van der Waals surface area contributed by atoms with Crippen LogP contribution in [-0.4, -0.2) is 71.2 Å². The number of carboxylic acid groups (broad SMARTS) is 1. The number of aromatic nitrogens is 5. The summed E-state index contributed by atoms with van der Waals surface area (Å²) >= 11 is 0. The molecule has 0 spiro atoms. The molecule has 2 N–H and O–H groups in total. The molecule has 5 aromatic heterocycles. The van der Waals surface area contributed by atoms with Crippen LogP contribution in [0.2, 0.25) is 0 Å². The van der Waals surface area contributed by atoms with Crippen LogP contribution >= 0.6 is 0 Å². The van der Waals surface area contributed by atoms with E-state index < -0.39 is 5.97 Å². The number of nitrogens with zero attached hydrogens (tertiary/aromatic N) is 6. The molecular weight excluding hydrogens is 625 g/mol. The van der Waals surface area contributed by atoms with Gasteiger partial charge >= 0.3 is 12.0 Å². The van der Waals surface area contributed by atoms with E-state index in [0.717, 1.165) is 16.5 Å². The van der Waals surface area contributed by atoms with Crippen molar-refractivity contribution in [3.05, 3.63) is 121 Å². The number of carboxylic acids is 1. The number of fused-ring (bicyclic) bond motifs is 4. The van der Waals surface area contributed by atoms with Gasteiger partial charge < -0.3 is 15.3 Å². The minimum Gasteiger partial charge on any atom is -0.476 e. The Kier molecular flexibility index (Phi) is 7.32. The normalized spacial score (nSPS) is 13.7. The Labute approximate surface area is 278 Å². The number of aromatic carboxylic acids is 1. The molecule has 2 amide bonds. The van der Waals surface area contributed by atoms with Crippen LogP contribution in [0.1, 0.15) is 33.8 Å². The fourth-order valence-electron chi connectivity index (χ4n) is 6.74. The summed E-state index contributed by atoms with van der Waals surface area (Å²) in [5, 5.41) is 19.3. The van der Waals surface area contributed by atoms with E-state index in [4.69, 9.17) is 5.10 Å². The number of nitrogens with one attached hydrogen (secondary N) is 1. The Balaban J connectivity index is 1.06. The molecule has 1 aliphatic heterocycles. The second-order valence-electron chi connectivity index (χ2n) is 11.9. The number of piperidine rings is 1. The van der Waals surface area contributed by atoms with Crippen LogP contribution in [0.3, 0.4) is 0 Å². The molecule has 0 bridgehead atoms. The van der Waals surface area contributed by atoms with Gasteiger partial charge in [-0.15, -0.1) is 0 Å². The number of halogens is 1. The Morgan fingerprint density at radius 2 is 1.53 bits per heavy atom. The van der Waals surface area contributed by atoms with Crippen molar-refractivity contribution < 1.29 is 23.9 Å². The molecule has 7 aromatic rings. The van der Waals surface area contributed by atoms with E-state index in [0.29, 0.717) is 59.3 Å². The topological polar surface area (TPSA) is 135 Å². The van der Waals surface area contributed by atoms with E-state index in [-0.39, 0.29) is 35.0 Å². The molecule has 12 heteroatoms. The second-order valence-corrected chi connectivity index (χ2v) is 11.9. The molecule has 1 saturated heterocycles. The van der Waals surface area contributed by atoms with Crippen molar-refractivity contribution in [3.63, 3.8) is 0 Å². The van der Waals surface area contributed by atoms with Gasteiger partial charge in [-0.05, 0) is 79.1 Å². The number of para-hydroxylation sites is 1. The molecule has 242 valence electrons. The van der Waals surface area contributed by atoms with Crippen LogP contribution < -0.4 is 5.32 Å². The lowest BCUT2D eigenvalue weighted by Crippen LogP contribution is -2.47. The Bertz CT molecular complexity index is 2410. The summed E-state index contributed by atoms with van der Waals surface area (Å²) in [4.78, 5) is 49.8. The van der Waals surface area contributed by atoms with Gasteiger partial charge in [-0.1, -0.05) is 24.3 Å². The molecule has 6 heterocycles. The first-order valence-corrected chi connectivity index (χ1v) is 15.8. The highest BCUT2D eigenvalue weighted by atomic mass is 19.1. The maximum Gasteiger partial charge on any atom is 0.356 e. The summed E-state index contributed by atoms with van der Waals surface area (Å²) in [7, 11) is 0. The van der Waals surface area contributed by atoms with E-state index in [2.05, 4.69) is 15.3 Å². The van der Waals surface area contributed by atoms with Crippen molar-refractivity contribution in [3.8, 4) is 22.4 Å². The first-order chi connectivity index (χ1) is 23.9. The Morgan fingerprint density at radius 3 is 2.29 bits per heavy atom. The lowest BCUT2D eigenvalue weighted by molar-refractivity contribution is 0.0692. The number of benzene rings is 2. The number of likely N-dealkylation sites (tertiary alicyclic amines) is 1. The molecule has 2 aromatic carbocycles. The van der Waals surface area contributed by atoms with Crippen LogP contribution in [0.15, 0.2) is 104 Å². The summed E-state index contributed by atoms with van der Waals surface area (Å²) in [5.41, 5.74) is 4.67. The van der Waals surface area contributed by atoms with Gasteiger partial charge in [-0.3, -0.25) is 14.3 Å². The molecule has 11 nitrogen and oxygen atoms in total. The zero-order valence-corrected chi connectivity index (χ0v) is 26.0. The second kappa shape index (κ2) is 12.0. The molecule has 1 fully saturated rings. The summed E-state index contributed by atoms with van der Waals surface area (Å²) in [6.45, 7) is 0.709. The Morgan fingerprint density at radius 1 is 0.796 bits per heavy atom. The molecular formula is C37H28FN7O4. The van der Waals surface area contributed by atoms with E-state index in [9.17, 15) is 23.9 Å². The smallest absolute Gasteiger partial charge is 0.356 e. The van der Waals surface area contributed by atoms with Crippen molar-refractivity contribution >= 4 is 45.2 Å². The van der Waals surface area contributed by atoms with Gasteiger partial charge in [0.15, 0.2) is 5.69 Å². The number of amides is 2. The van der Waals surface area contributed by atoms with Gasteiger partial charge in [0, 0.05) is 59.6 Å². The number of hydrogen-bond donors (Lipinski definition) is 2. The summed E-state index contributed by atoms with van der Waals surface area (Å²) in [6.07, 6.45) is 5.80. The van der Waals surface area contributed by atoms with Gasteiger partial charge in [0.1, 0.15) is 17.2 Å². The zero-order valence-electron chi connectivity index (χ0n) is 26.0. The molecule has 0 radical (unpaired) electrons. The minimum atomic E-state index is -1.21. The monoisotopic (exact) mass is 653 g/mol. The minimum absolute atomic E-state index is 0.188. The molecule has 0 aliphatic carbocycles. The van der Waals surface area contributed by atoms with Gasteiger partial charge in [-0.25, -0.2) is 23.5 Å². The highest BCUT2D eigenvalue weighted by molar-refractivity contribution is 6.17. The van der Waals surface area contributed by atoms with Crippen molar-refractivity contribution in [1.82, 2.24) is 34.4 Å². The third-order valence-electron chi connectivity index (χ3n) is 9.05. The zero-order chi connectivity index (χ0) is 33.6. The number of rotatable bonds is 5. The van der Waals surface area contributed by atoms with Crippen LogP contribution in [0.4, 0.5) is 9.18 Å². The number of carbonyl (C=O) groups excluding carboxylic acids is 2. The van der Waals surface area contributed by atoms with E-state index in [1.54, 1.807) is 58.2 Å². The number of carbonyl (C=O) groups is 3. The van der Waals surface area contributed by atoms with Crippen molar-refractivity contribution in [2.24, 2.45) is 0 Å². The first kappa shape index (κ1) is 29.9. The van der Waals surface area contributed by atoms with Crippen LogP contribution in [0, 0.1) is 5.82 Å². The predicted octanol–water partition coefficient (Wildman–Crippen LogP) is 6.27. The summed E-state index contributed by atoms with van der Waals surface area (Å²) < 4.78 is 16.9. The third-order valence-corrected chi connectivity index (χ3v) is 9.05. The molecule has 0 atom stereocenters. The highest BCUT2D eigenvalue weighted by Crippen LogP contribution is 2.36. The summed E-state index contributed by atoms with van der Waals surface area (Å²) in [5.74, 6) is -1.89. The lowest BCUT2D eigenvalue weighted by atomic mass is 10.0. The van der Waals surface area contributed by atoms with Crippen LogP contribution in [0.25, 0.3) is 49.7 Å². The van der Waals surface area contributed by atoms with Gasteiger partial charge in [0.25, 0.3) is 5.91 Å². The number of hydrogen-bond acceptors (Lipinski definition) is 6. The van der Waals surface area contributed by atoms with Crippen molar-refractivity contribution in [2.45, 2.75) is 18.9 Å². The maximum absolute atomic E-state index is 14.0. The third kappa shape index (κ3) is 5.14. The quantitative estimate of drug-likeness (QED) is 0.224. The number of pyridine rings is 3. The predicted molar refractivity (Wildman–Crippen MR) is 181 cm³/mol. The summed E-state index contributed by atoms with van der Waals surface area (Å²) in [6, 6.07) is 23.7. The largest absolute Gasteiger partial charge is 0.476 e. The van der Waals surface area contributed by atoms with E-state index in [1.807, 2.05) is 36.4 Å². The molecule has 49 heavy (non-hydrogen) atoms. The molecule has 8 rings (SSSR count). The lowest BCUT2D eigenvalue weighted by Gasteiger charge is -2.32. The van der Waals surface area contributed by atoms with Crippen molar-refractivity contribution in [1.29, 1.82) is 0 Å². The maximum atomic E-state index is 14.0.